The van der Waals surface area contributed by atoms with Gasteiger partial charge in [0.15, 0.2) is 0 Å². The van der Waals surface area contributed by atoms with E-state index in [2.05, 4.69) is 5.32 Å². The standard InChI is InChI=1S/C15H25N3O2/c1-11(2)20-8-4-3-7-17-15(19)14-9-12(16)10-18(14)13-5-6-13/h9-11,13H,3-8,16H2,1-2H3,(H,17,19). The number of hydrogen-bond donors (Lipinski definition) is 2. The Morgan fingerprint density at radius 3 is 2.90 bits per heavy atom. The van der Waals surface area contributed by atoms with Crippen molar-refractivity contribution in [2.45, 2.75) is 51.7 Å². The number of carbonyl (C=O) groups is 1. The van der Waals surface area contributed by atoms with Crippen LogP contribution in [0.5, 0.6) is 0 Å². The first-order chi connectivity index (χ1) is 9.58. The molecule has 0 aliphatic heterocycles. The van der Waals surface area contributed by atoms with Gasteiger partial charge in [-0.05, 0) is 45.6 Å². The van der Waals surface area contributed by atoms with Crippen LogP contribution >= 0.6 is 0 Å². The molecule has 1 saturated carbocycles. The van der Waals surface area contributed by atoms with Gasteiger partial charge in [-0.2, -0.15) is 0 Å². The van der Waals surface area contributed by atoms with Gasteiger partial charge in [0, 0.05) is 25.4 Å². The summed E-state index contributed by atoms with van der Waals surface area (Å²) in [6.45, 7) is 5.48. The first kappa shape index (κ1) is 14.9. The number of rotatable bonds is 8. The van der Waals surface area contributed by atoms with E-state index in [4.69, 9.17) is 10.5 Å². The summed E-state index contributed by atoms with van der Waals surface area (Å²) < 4.78 is 7.47. The molecule has 112 valence electrons. The van der Waals surface area contributed by atoms with Crippen molar-refractivity contribution >= 4 is 11.6 Å². The summed E-state index contributed by atoms with van der Waals surface area (Å²) in [6, 6.07) is 2.22. The van der Waals surface area contributed by atoms with Gasteiger partial charge in [0.1, 0.15) is 5.69 Å². The molecule has 1 aromatic rings. The number of ether oxygens (including phenoxy) is 1. The monoisotopic (exact) mass is 279 g/mol. The fourth-order valence-electron chi connectivity index (χ4n) is 2.18. The van der Waals surface area contributed by atoms with Crippen LogP contribution in [0.3, 0.4) is 0 Å². The first-order valence-corrected chi connectivity index (χ1v) is 7.45. The molecule has 1 aliphatic carbocycles. The van der Waals surface area contributed by atoms with Crippen LogP contribution in [0.4, 0.5) is 5.69 Å². The second-order valence-corrected chi connectivity index (χ2v) is 5.68. The van der Waals surface area contributed by atoms with Crippen LogP contribution in [0.1, 0.15) is 56.1 Å². The quantitative estimate of drug-likeness (QED) is 0.718. The summed E-state index contributed by atoms with van der Waals surface area (Å²) in [5.74, 6) is -0.0293. The maximum atomic E-state index is 12.1. The highest BCUT2D eigenvalue weighted by molar-refractivity contribution is 5.93. The molecule has 1 aromatic heterocycles. The Kier molecular flexibility index (Phi) is 5.06. The van der Waals surface area contributed by atoms with E-state index in [1.807, 2.05) is 24.6 Å². The molecule has 0 unspecified atom stereocenters. The van der Waals surface area contributed by atoms with Crippen molar-refractivity contribution in [3.05, 3.63) is 18.0 Å². The van der Waals surface area contributed by atoms with Gasteiger partial charge in [-0.1, -0.05) is 0 Å². The van der Waals surface area contributed by atoms with Gasteiger partial charge in [0.25, 0.3) is 5.91 Å². The van der Waals surface area contributed by atoms with Crippen LogP contribution in [0.25, 0.3) is 0 Å². The van der Waals surface area contributed by atoms with Gasteiger partial charge in [0.05, 0.1) is 11.8 Å². The molecule has 1 amide bonds. The van der Waals surface area contributed by atoms with Crippen LogP contribution in [-0.2, 0) is 4.74 Å². The fourth-order valence-corrected chi connectivity index (χ4v) is 2.18. The second kappa shape index (κ2) is 6.79. The Hall–Kier alpha value is -1.49. The summed E-state index contributed by atoms with van der Waals surface area (Å²) >= 11 is 0. The lowest BCUT2D eigenvalue weighted by molar-refractivity contribution is 0.0754. The average molecular weight is 279 g/mol. The van der Waals surface area contributed by atoms with E-state index < -0.39 is 0 Å². The Bertz CT molecular complexity index is 450. The van der Waals surface area contributed by atoms with E-state index in [9.17, 15) is 4.79 Å². The van der Waals surface area contributed by atoms with Crippen molar-refractivity contribution in [1.82, 2.24) is 9.88 Å². The van der Waals surface area contributed by atoms with Gasteiger partial charge in [-0.25, -0.2) is 0 Å². The van der Waals surface area contributed by atoms with E-state index in [0.717, 1.165) is 32.3 Å². The van der Waals surface area contributed by atoms with Crippen molar-refractivity contribution in [2.24, 2.45) is 0 Å². The summed E-state index contributed by atoms with van der Waals surface area (Å²) in [5, 5.41) is 2.95. The van der Waals surface area contributed by atoms with Gasteiger partial charge in [-0.15, -0.1) is 0 Å². The minimum atomic E-state index is -0.0293. The number of hydrogen-bond acceptors (Lipinski definition) is 3. The molecule has 1 fully saturated rings. The van der Waals surface area contributed by atoms with Crippen LogP contribution in [-0.4, -0.2) is 29.7 Å². The van der Waals surface area contributed by atoms with Crippen molar-refractivity contribution in [3.63, 3.8) is 0 Å². The largest absolute Gasteiger partial charge is 0.397 e. The minimum absolute atomic E-state index is 0.0293. The van der Waals surface area contributed by atoms with Crippen LogP contribution < -0.4 is 11.1 Å². The maximum absolute atomic E-state index is 12.1. The van der Waals surface area contributed by atoms with Gasteiger partial charge in [0.2, 0.25) is 0 Å². The third kappa shape index (κ3) is 4.27. The molecule has 0 spiro atoms. The van der Waals surface area contributed by atoms with Crippen molar-refractivity contribution < 1.29 is 9.53 Å². The predicted molar refractivity (Wildman–Crippen MR) is 79.8 cm³/mol. The Labute approximate surface area is 120 Å². The normalized spacial score (nSPS) is 14.8. The van der Waals surface area contributed by atoms with Crippen molar-refractivity contribution in [2.75, 3.05) is 18.9 Å². The summed E-state index contributed by atoms with van der Waals surface area (Å²) in [6.07, 6.45) is 6.31. The molecule has 5 nitrogen and oxygen atoms in total. The Morgan fingerprint density at radius 1 is 1.50 bits per heavy atom. The van der Waals surface area contributed by atoms with E-state index >= 15 is 0 Å². The molecule has 0 saturated heterocycles. The number of nitrogens with two attached hydrogens (primary N) is 1. The maximum Gasteiger partial charge on any atom is 0.267 e. The zero-order valence-corrected chi connectivity index (χ0v) is 12.4. The summed E-state index contributed by atoms with van der Waals surface area (Å²) in [5.41, 5.74) is 7.13. The SMILES string of the molecule is CC(C)OCCCCNC(=O)c1cc(N)cn1C1CC1. The molecule has 0 atom stereocenters. The van der Waals surface area contributed by atoms with E-state index in [-0.39, 0.29) is 12.0 Å². The highest BCUT2D eigenvalue weighted by Crippen LogP contribution is 2.37. The minimum Gasteiger partial charge on any atom is -0.397 e. The third-order valence-corrected chi connectivity index (χ3v) is 3.35. The fraction of sp³-hybridized carbons (Fsp3) is 0.667. The topological polar surface area (TPSA) is 69.3 Å². The number of nitrogens with one attached hydrogen (secondary N) is 1. The van der Waals surface area contributed by atoms with Crippen LogP contribution in [0, 0.1) is 0 Å². The third-order valence-electron chi connectivity index (χ3n) is 3.35. The molecule has 20 heavy (non-hydrogen) atoms. The zero-order valence-electron chi connectivity index (χ0n) is 12.4. The van der Waals surface area contributed by atoms with Crippen molar-refractivity contribution in [1.29, 1.82) is 0 Å². The lowest BCUT2D eigenvalue weighted by atomic mass is 10.3. The van der Waals surface area contributed by atoms with E-state index in [1.54, 1.807) is 6.07 Å². The number of nitrogen functional groups attached to an aromatic ring is 1. The molecule has 0 radical (unpaired) electrons. The van der Waals surface area contributed by atoms with E-state index in [0.29, 0.717) is 24.0 Å². The number of amides is 1. The van der Waals surface area contributed by atoms with Gasteiger partial charge >= 0.3 is 0 Å². The molecule has 5 heteroatoms. The number of carbonyl (C=O) groups excluding carboxylic acids is 1. The molecule has 3 N–H and O–H groups in total. The summed E-state index contributed by atoms with van der Waals surface area (Å²) in [4.78, 5) is 12.1. The Balaban J connectivity index is 1.72. The highest BCUT2D eigenvalue weighted by atomic mass is 16.5. The van der Waals surface area contributed by atoms with Gasteiger partial charge < -0.3 is 20.4 Å². The van der Waals surface area contributed by atoms with Crippen LogP contribution in [0.2, 0.25) is 0 Å². The first-order valence-electron chi connectivity index (χ1n) is 7.45. The Morgan fingerprint density at radius 2 is 2.25 bits per heavy atom. The zero-order chi connectivity index (χ0) is 14.5. The molecule has 0 bridgehead atoms. The number of aromatic nitrogens is 1. The highest BCUT2D eigenvalue weighted by Gasteiger charge is 2.27. The second-order valence-electron chi connectivity index (χ2n) is 5.68. The van der Waals surface area contributed by atoms with Crippen LogP contribution in [0.15, 0.2) is 12.3 Å². The van der Waals surface area contributed by atoms with Crippen molar-refractivity contribution in [3.8, 4) is 0 Å². The molecule has 1 aliphatic rings. The van der Waals surface area contributed by atoms with E-state index in [1.165, 1.54) is 0 Å². The molecule has 0 aromatic carbocycles. The molecule has 2 rings (SSSR count). The van der Waals surface area contributed by atoms with Gasteiger partial charge in [-0.3, -0.25) is 4.79 Å². The number of nitrogens with zero attached hydrogens (tertiary/aromatic N) is 1. The molecular weight excluding hydrogens is 254 g/mol. The smallest absolute Gasteiger partial charge is 0.267 e. The molecule has 1 heterocycles. The number of anilines is 1. The number of unbranched alkanes of at least 4 members (excludes halogenated alkanes) is 1. The lowest BCUT2D eigenvalue weighted by Gasteiger charge is -2.09. The average Bonchev–Trinajstić information content (AvgIpc) is 3.16. The predicted octanol–water partition coefficient (Wildman–Crippen LogP) is 2.34. The lowest BCUT2D eigenvalue weighted by Crippen LogP contribution is -2.26. The summed E-state index contributed by atoms with van der Waals surface area (Å²) in [7, 11) is 0. The molecular formula is C15H25N3O2.